The van der Waals surface area contributed by atoms with Gasteiger partial charge in [-0.3, -0.25) is 0 Å². The van der Waals surface area contributed by atoms with E-state index in [1.807, 2.05) is 0 Å². The fourth-order valence-corrected chi connectivity index (χ4v) is 7.70. The molecule has 0 spiro atoms. The number of ether oxygens (including phenoxy) is 1. The standard InChI is InChI=1S/C29H27ClF4N2O5S/c1-35-26(17-6-3-2-4-7-17)16-36(19-8-5-9-20(13-19)41-29(32,33)34)25-15-23(30)21(14-27(25)42(35,39)40)18-10-11-24(31)22(12-18)28(37)38/h5,8-15,17,26H,2-4,6-7,16H2,1H3,(H,37,38)/t26-/m0/s1. The molecule has 1 saturated carbocycles. The van der Waals surface area contributed by atoms with Gasteiger partial charge in [-0.2, -0.15) is 4.31 Å². The van der Waals surface area contributed by atoms with Crippen LogP contribution in [0.3, 0.4) is 0 Å². The van der Waals surface area contributed by atoms with Crippen molar-refractivity contribution in [2.45, 2.75) is 49.4 Å². The summed E-state index contributed by atoms with van der Waals surface area (Å²) in [6, 6.07) is 10.8. The summed E-state index contributed by atoms with van der Waals surface area (Å²) < 4.78 is 87.0. The second-order valence-corrected chi connectivity index (χ2v) is 12.8. The number of sulfonamides is 1. The molecule has 7 nitrogen and oxygen atoms in total. The topological polar surface area (TPSA) is 87.2 Å². The molecular weight excluding hydrogens is 600 g/mol. The zero-order chi connectivity index (χ0) is 30.4. The lowest BCUT2D eigenvalue weighted by atomic mass is 9.83. The Morgan fingerprint density at radius 3 is 2.43 bits per heavy atom. The molecule has 1 fully saturated rings. The van der Waals surface area contributed by atoms with E-state index in [2.05, 4.69) is 4.74 Å². The van der Waals surface area contributed by atoms with Crippen molar-refractivity contribution >= 4 is 39.0 Å². The average molecular weight is 627 g/mol. The molecule has 3 aromatic rings. The molecule has 0 unspecified atom stereocenters. The predicted molar refractivity (Wildman–Crippen MR) is 149 cm³/mol. The number of hydrogen-bond acceptors (Lipinski definition) is 5. The van der Waals surface area contributed by atoms with E-state index in [4.69, 9.17) is 11.6 Å². The van der Waals surface area contributed by atoms with Gasteiger partial charge < -0.3 is 14.7 Å². The number of nitrogens with zero attached hydrogens (tertiary/aromatic N) is 2. The van der Waals surface area contributed by atoms with Gasteiger partial charge in [-0.1, -0.05) is 43.0 Å². The third-order valence-electron chi connectivity index (χ3n) is 7.90. The summed E-state index contributed by atoms with van der Waals surface area (Å²) in [5.74, 6) is -2.93. The smallest absolute Gasteiger partial charge is 0.478 e. The van der Waals surface area contributed by atoms with Crippen molar-refractivity contribution < 1.29 is 40.6 Å². The number of benzene rings is 3. The Morgan fingerprint density at radius 2 is 1.76 bits per heavy atom. The number of likely N-dealkylation sites (N-methyl/N-ethyl adjacent to an activating group) is 1. The van der Waals surface area contributed by atoms with Crippen LogP contribution in [0.2, 0.25) is 5.02 Å². The van der Waals surface area contributed by atoms with Gasteiger partial charge in [-0.25, -0.2) is 17.6 Å². The van der Waals surface area contributed by atoms with Crippen molar-refractivity contribution in [1.82, 2.24) is 4.31 Å². The second kappa shape index (κ2) is 11.4. The second-order valence-electron chi connectivity index (χ2n) is 10.4. The SMILES string of the molecule is CN1[C@H](C2CCCCC2)CN(c2cccc(OC(F)(F)F)c2)c2cc(Cl)c(-c3ccc(F)c(C(=O)O)c3)cc2S1(=O)=O. The zero-order valence-electron chi connectivity index (χ0n) is 22.4. The normalized spacial score (nSPS) is 19.7. The lowest BCUT2D eigenvalue weighted by Crippen LogP contribution is -2.46. The summed E-state index contributed by atoms with van der Waals surface area (Å²) in [5.41, 5.74) is 0.125. The van der Waals surface area contributed by atoms with Crippen LogP contribution in [0.4, 0.5) is 28.9 Å². The van der Waals surface area contributed by atoms with Crippen molar-refractivity contribution in [2.75, 3.05) is 18.5 Å². The van der Waals surface area contributed by atoms with Gasteiger partial charge in [0.25, 0.3) is 0 Å². The average Bonchev–Trinajstić information content (AvgIpc) is 3.00. The molecule has 5 rings (SSSR count). The van der Waals surface area contributed by atoms with Crippen LogP contribution in [0.1, 0.15) is 42.5 Å². The molecule has 1 heterocycles. The van der Waals surface area contributed by atoms with Crippen LogP contribution in [0.15, 0.2) is 59.5 Å². The van der Waals surface area contributed by atoms with Crippen molar-refractivity contribution in [3.63, 3.8) is 0 Å². The maximum absolute atomic E-state index is 14.2. The minimum atomic E-state index is -4.92. The number of halogens is 5. The molecule has 2 aliphatic rings. The summed E-state index contributed by atoms with van der Waals surface area (Å²) in [4.78, 5) is 13.0. The molecule has 0 aromatic heterocycles. The van der Waals surface area contributed by atoms with Crippen molar-refractivity contribution in [3.05, 3.63) is 71.0 Å². The molecule has 0 radical (unpaired) electrons. The van der Waals surface area contributed by atoms with Gasteiger partial charge in [0.2, 0.25) is 10.0 Å². The quantitative estimate of drug-likeness (QED) is 0.296. The van der Waals surface area contributed by atoms with Crippen LogP contribution in [0.25, 0.3) is 11.1 Å². The molecule has 1 aliphatic carbocycles. The number of carboxylic acid groups (broad SMARTS) is 1. The van der Waals surface area contributed by atoms with Crippen LogP contribution in [0, 0.1) is 11.7 Å². The number of carboxylic acids is 1. The predicted octanol–water partition coefficient (Wildman–Crippen LogP) is 7.46. The molecule has 42 heavy (non-hydrogen) atoms. The first-order valence-corrected chi connectivity index (χ1v) is 15.1. The molecule has 224 valence electrons. The summed E-state index contributed by atoms with van der Waals surface area (Å²) >= 11 is 6.66. The molecule has 1 aliphatic heterocycles. The highest BCUT2D eigenvalue weighted by molar-refractivity contribution is 7.89. The molecular formula is C29H27ClF4N2O5S. The summed E-state index contributed by atoms with van der Waals surface area (Å²) in [6.07, 6.45) is -0.426. The van der Waals surface area contributed by atoms with E-state index < -0.39 is 45.5 Å². The summed E-state index contributed by atoms with van der Waals surface area (Å²) in [7, 11) is -2.70. The Labute approximate surface area is 245 Å². The third kappa shape index (κ3) is 5.93. The number of hydrogen-bond donors (Lipinski definition) is 1. The van der Waals surface area contributed by atoms with E-state index >= 15 is 0 Å². The summed E-state index contributed by atoms with van der Waals surface area (Å²) in [6.45, 7) is 0.137. The summed E-state index contributed by atoms with van der Waals surface area (Å²) in [5, 5.41) is 9.44. The number of alkyl halides is 3. The monoisotopic (exact) mass is 626 g/mol. The van der Waals surface area contributed by atoms with Crippen molar-refractivity contribution in [3.8, 4) is 16.9 Å². The van der Waals surface area contributed by atoms with Crippen LogP contribution in [0.5, 0.6) is 5.75 Å². The third-order valence-corrected chi connectivity index (χ3v) is 10.1. The first kappa shape index (κ1) is 30.1. The van der Waals surface area contributed by atoms with Crippen molar-refractivity contribution in [2.24, 2.45) is 5.92 Å². The first-order valence-electron chi connectivity index (χ1n) is 13.2. The fourth-order valence-electron chi connectivity index (χ4n) is 5.83. The van der Waals surface area contributed by atoms with Crippen molar-refractivity contribution in [1.29, 1.82) is 0 Å². The van der Waals surface area contributed by atoms with Gasteiger partial charge in [-0.15, -0.1) is 13.2 Å². The van der Waals surface area contributed by atoms with E-state index in [0.717, 1.165) is 50.3 Å². The Kier molecular flexibility index (Phi) is 8.16. The van der Waals surface area contributed by atoms with E-state index in [1.54, 1.807) is 11.0 Å². The molecule has 1 N–H and O–H groups in total. The number of carbonyl (C=O) groups is 1. The van der Waals surface area contributed by atoms with Gasteiger partial charge in [0.1, 0.15) is 16.5 Å². The lowest BCUT2D eigenvalue weighted by molar-refractivity contribution is -0.274. The van der Waals surface area contributed by atoms with E-state index in [9.17, 15) is 35.9 Å². The highest BCUT2D eigenvalue weighted by Crippen LogP contribution is 2.45. The Bertz CT molecular complexity index is 1630. The largest absolute Gasteiger partial charge is 0.573 e. The maximum Gasteiger partial charge on any atom is 0.573 e. The molecule has 3 aromatic carbocycles. The van der Waals surface area contributed by atoms with Crippen LogP contribution in [-0.2, 0) is 10.0 Å². The highest BCUT2D eigenvalue weighted by Gasteiger charge is 2.41. The molecule has 0 amide bonds. The number of aromatic carboxylic acids is 1. The Balaban J connectivity index is 1.71. The fraction of sp³-hybridized carbons (Fsp3) is 0.345. The van der Waals surface area contributed by atoms with Crippen LogP contribution in [-0.4, -0.2) is 49.8 Å². The van der Waals surface area contributed by atoms with Gasteiger partial charge >= 0.3 is 12.3 Å². The maximum atomic E-state index is 14.2. The minimum Gasteiger partial charge on any atom is -0.478 e. The van der Waals surface area contributed by atoms with Gasteiger partial charge in [-0.05, 0) is 60.7 Å². The molecule has 13 heteroatoms. The number of fused-ring (bicyclic) bond motifs is 1. The van der Waals surface area contributed by atoms with Crippen LogP contribution >= 0.6 is 11.6 Å². The van der Waals surface area contributed by atoms with Crippen LogP contribution < -0.4 is 9.64 Å². The highest BCUT2D eigenvalue weighted by atomic mass is 35.5. The van der Waals surface area contributed by atoms with Gasteiger partial charge in [0.15, 0.2) is 0 Å². The Morgan fingerprint density at radius 1 is 1.05 bits per heavy atom. The lowest BCUT2D eigenvalue weighted by Gasteiger charge is -2.37. The first-order chi connectivity index (χ1) is 19.8. The molecule has 1 atom stereocenters. The molecule has 0 bridgehead atoms. The van der Waals surface area contributed by atoms with Gasteiger partial charge in [0.05, 0.1) is 16.3 Å². The van der Waals surface area contributed by atoms with E-state index in [-0.39, 0.29) is 44.9 Å². The van der Waals surface area contributed by atoms with E-state index in [1.165, 1.54) is 41.7 Å². The number of anilines is 2. The van der Waals surface area contributed by atoms with E-state index in [0.29, 0.717) is 0 Å². The van der Waals surface area contributed by atoms with Gasteiger partial charge in [0, 0.05) is 37.0 Å². The minimum absolute atomic E-state index is 0.00936. The number of rotatable bonds is 5. The molecule has 0 saturated heterocycles. The Hall–Kier alpha value is -3.35. The zero-order valence-corrected chi connectivity index (χ0v) is 23.9.